The maximum absolute atomic E-state index is 12.6. The Balaban J connectivity index is 2.16. The molecule has 0 spiro atoms. The summed E-state index contributed by atoms with van der Waals surface area (Å²) in [6, 6.07) is 5.50. The van der Waals surface area contributed by atoms with E-state index in [0.29, 0.717) is 13.5 Å². The molecule has 0 radical (unpaired) electrons. The number of hydrogen-bond donors (Lipinski definition) is 0. The monoisotopic (exact) mass is 442 g/mol. The third-order valence-electron chi connectivity index (χ3n) is 3.98. The summed E-state index contributed by atoms with van der Waals surface area (Å²) in [5.74, 6) is -0.887. The zero-order valence-electron chi connectivity index (χ0n) is 14.8. The van der Waals surface area contributed by atoms with E-state index >= 15 is 0 Å². The van der Waals surface area contributed by atoms with Gasteiger partial charge < -0.3 is 9.30 Å². The maximum Gasteiger partial charge on any atom is 0.326 e. The van der Waals surface area contributed by atoms with Gasteiger partial charge in [-0.05, 0) is 50.1 Å². The van der Waals surface area contributed by atoms with Crippen LogP contribution >= 0.6 is 45.9 Å². The quantitative estimate of drug-likeness (QED) is 0.534. The third kappa shape index (κ3) is 4.27. The molecule has 1 aromatic carbocycles. The number of esters is 1. The molecule has 1 amide bonds. The highest BCUT2D eigenvalue weighted by molar-refractivity contribution is 7.20. The van der Waals surface area contributed by atoms with Gasteiger partial charge in [0.05, 0.1) is 26.7 Å². The molecule has 0 saturated heterocycles. The van der Waals surface area contributed by atoms with Crippen molar-refractivity contribution >= 4 is 68.0 Å². The molecule has 2 heterocycles. The lowest BCUT2D eigenvalue weighted by molar-refractivity contribution is -0.143. The molecule has 2 aromatic heterocycles. The summed E-state index contributed by atoms with van der Waals surface area (Å²) in [6.45, 7) is 6.02. The molecule has 0 atom stereocenters. The Morgan fingerprint density at radius 1 is 1.15 bits per heavy atom. The first-order valence-corrected chi connectivity index (χ1v) is 10.5. The molecule has 0 aliphatic heterocycles. The van der Waals surface area contributed by atoms with Crippen molar-refractivity contribution in [1.82, 2.24) is 4.57 Å². The van der Waals surface area contributed by atoms with Gasteiger partial charge in [-0.2, -0.15) is 4.99 Å². The lowest BCUT2D eigenvalue weighted by Crippen LogP contribution is -2.23. The zero-order chi connectivity index (χ0) is 19.7. The summed E-state index contributed by atoms with van der Waals surface area (Å²) in [6.07, 6.45) is 0. The van der Waals surface area contributed by atoms with Crippen molar-refractivity contribution in [2.45, 2.75) is 27.3 Å². The molecule has 3 rings (SSSR count). The second-order valence-electron chi connectivity index (χ2n) is 5.83. The van der Waals surface area contributed by atoms with Gasteiger partial charge in [0.1, 0.15) is 10.9 Å². The van der Waals surface area contributed by atoms with Crippen molar-refractivity contribution in [2.75, 3.05) is 6.61 Å². The van der Waals surface area contributed by atoms with E-state index in [4.69, 9.17) is 27.9 Å². The minimum atomic E-state index is -0.499. The fraction of sp³-hybridized carbons (Fsp3) is 0.278. The van der Waals surface area contributed by atoms with Gasteiger partial charge >= 0.3 is 5.97 Å². The molecule has 0 bridgehead atoms. The topological polar surface area (TPSA) is 60.7 Å². The fourth-order valence-corrected chi connectivity index (χ4v) is 5.08. The van der Waals surface area contributed by atoms with Crippen LogP contribution in [-0.4, -0.2) is 23.1 Å². The minimum absolute atomic E-state index is 0.0272. The highest BCUT2D eigenvalue weighted by atomic mass is 35.5. The number of carbonyl (C=O) groups excluding carboxylic acids is 2. The first-order chi connectivity index (χ1) is 12.8. The van der Waals surface area contributed by atoms with E-state index in [-0.39, 0.29) is 24.7 Å². The van der Waals surface area contributed by atoms with Crippen LogP contribution in [0, 0.1) is 13.8 Å². The van der Waals surface area contributed by atoms with E-state index in [1.165, 1.54) is 17.4 Å². The molecule has 0 saturated carbocycles. The van der Waals surface area contributed by atoms with Crippen molar-refractivity contribution in [1.29, 1.82) is 0 Å². The minimum Gasteiger partial charge on any atom is -0.465 e. The number of benzene rings is 1. The van der Waals surface area contributed by atoms with Gasteiger partial charge in [0.2, 0.25) is 0 Å². The molecular formula is C18H16Cl2N2O3S2. The van der Waals surface area contributed by atoms with E-state index in [0.717, 1.165) is 32.7 Å². The highest BCUT2D eigenvalue weighted by Gasteiger charge is 2.16. The molecule has 0 fully saturated rings. The molecule has 27 heavy (non-hydrogen) atoms. The second kappa shape index (κ2) is 8.14. The van der Waals surface area contributed by atoms with Gasteiger partial charge in [0.25, 0.3) is 5.91 Å². The number of halogens is 2. The largest absolute Gasteiger partial charge is 0.465 e. The molecular weight excluding hydrogens is 427 g/mol. The maximum atomic E-state index is 12.6. The molecule has 0 aliphatic rings. The van der Waals surface area contributed by atoms with Crippen LogP contribution in [0.25, 0.3) is 10.2 Å². The smallest absolute Gasteiger partial charge is 0.326 e. The van der Waals surface area contributed by atoms with Crippen LogP contribution in [0.2, 0.25) is 8.67 Å². The molecule has 9 heteroatoms. The van der Waals surface area contributed by atoms with Crippen molar-refractivity contribution in [3.05, 3.63) is 48.4 Å². The zero-order valence-corrected chi connectivity index (χ0v) is 18.0. The first kappa shape index (κ1) is 20.1. The SMILES string of the molecule is CCOC(=O)Cn1c(=NC(=O)c2cc(Cl)sc2Cl)sc2cc(C)c(C)cc21. The summed E-state index contributed by atoms with van der Waals surface area (Å²) >= 11 is 14.4. The number of fused-ring (bicyclic) bond motifs is 1. The van der Waals surface area contributed by atoms with Gasteiger partial charge in [0, 0.05) is 0 Å². The van der Waals surface area contributed by atoms with Crippen molar-refractivity contribution < 1.29 is 14.3 Å². The lowest BCUT2D eigenvalue weighted by Gasteiger charge is -2.06. The molecule has 5 nitrogen and oxygen atoms in total. The summed E-state index contributed by atoms with van der Waals surface area (Å²) in [5, 5.41) is 0. The number of rotatable bonds is 4. The predicted molar refractivity (Wildman–Crippen MR) is 110 cm³/mol. The van der Waals surface area contributed by atoms with Gasteiger partial charge in [-0.15, -0.1) is 11.3 Å². The number of thiophene rings is 1. The number of amides is 1. The average molecular weight is 443 g/mol. The average Bonchev–Trinajstić information content (AvgIpc) is 3.08. The first-order valence-electron chi connectivity index (χ1n) is 8.10. The van der Waals surface area contributed by atoms with Crippen LogP contribution in [0.1, 0.15) is 28.4 Å². The standard InChI is InChI=1S/C18H16Cl2N2O3S2/c1-4-25-15(23)8-22-12-5-9(2)10(3)6-13(12)26-18(22)21-17(24)11-7-14(19)27-16(11)20/h5-7H,4,8H2,1-3H3. The van der Waals surface area contributed by atoms with E-state index in [2.05, 4.69) is 4.99 Å². The molecule has 0 aliphatic carbocycles. The Morgan fingerprint density at radius 2 is 1.85 bits per heavy atom. The number of ether oxygens (including phenoxy) is 1. The van der Waals surface area contributed by atoms with Crippen LogP contribution in [0.15, 0.2) is 23.2 Å². The van der Waals surface area contributed by atoms with Crippen LogP contribution in [0.5, 0.6) is 0 Å². The predicted octanol–water partition coefficient (Wildman–Crippen LogP) is 4.99. The normalized spacial score (nSPS) is 12.0. The van der Waals surface area contributed by atoms with Gasteiger partial charge in [-0.25, -0.2) is 0 Å². The lowest BCUT2D eigenvalue weighted by atomic mass is 10.1. The number of thiazole rings is 1. The van der Waals surface area contributed by atoms with Crippen LogP contribution in [0.4, 0.5) is 0 Å². The Morgan fingerprint density at radius 3 is 2.48 bits per heavy atom. The molecule has 142 valence electrons. The van der Waals surface area contributed by atoms with Gasteiger partial charge in [-0.1, -0.05) is 34.5 Å². The third-order valence-corrected chi connectivity index (χ3v) is 6.50. The summed E-state index contributed by atoms with van der Waals surface area (Å²) < 4.78 is 8.41. The van der Waals surface area contributed by atoms with Crippen molar-refractivity contribution in [3.8, 4) is 0 Å². The number of hydrogen-bond acceptors (Lipinski definition) is 5. The van der Waals surface area contributed by atoms with Crippen molar-refractivity contribution in [2.24, 2.45) is 4.99 Å². The summed E-state index contributed by atoms with van der Waals surface area (Å²) in [5.41, 5.74) is 3.29. The Hall–Kier alpha value is -1.67. The Labute approximate surface area is 173 Å². The Kier molecular flexibility index (Phi) is 6.05. The van der Waals surface area contributed by atoms with E-state index in [9.17, 15) is 9.59 Å². The van der Waals surface area contributed by atoms with Crippen molar-refractivity contribution in [3.63, 3.8) is 0 Å². The molecule has 0 N–H and O–H groups in total. The van der Waals surface area contributed by atoms with Gasteiger partial charge in [-0.3, -0.25) is 9.59 Å². The van der Waals surface area contributed by atoms with Crippen LogP contribution < -0.4 is 4.80 Å². The number of carbonyl (C=O) groups is 2. The van der Waals surface area contributed by atoms with E-state index in [1.807, 2.05) is 26.0 Å². The second-order valence-corrected chi connectivity index (χ2v) is 9.13. The summed E-state index contributed by atoms with van der Waals surface area (Å²) in [7, 11) is 0. The fourth-order valence-electron chi connectivity index (χ4n) is 2.53. The summed E-state index contributed by atoms with van der Waals surface area (Å²) in [4.78, 5) is 29.3. The van der Waals surface area contributed by atoms with Gasteiger partial charge in [0.15, 0.2) is 4.80 Å². The van der Waals surface area contributed by atoms with E-state index < -0.39 is 5.91 Å². The number of nitrogens with zero attached hydrogens (tertiary/aromatic N) is 2. The number of aryl methyl sites for hydroxylation is 2. The Bertz CT molecular complexity index is 1110. The number of aromatic nitrogens is 1. The molecule has 3 aromatic rings. The van der Waals surface area contributed by atoms with Crippen LogP contribution in [-0.2, 0) is 16.1 Å². The molecule has 0 unspecified atom stereocenters. The highest BCUT2D eigenvalue weighted by Crippen LogP contribution is 2.31. The van der Waals surface area contributed by atoms with E-state index in [1.54, 1.807) is 11.5 Å². The van der Waals surface area contributed by atoms with Crippen LogP contribution in [0.3, 0.4) is 0 Å².